The van der Waals surface area contributed by atoms with Crippen molar-refractivity contribution in [1.29, 1.82) is 0 Å². The Hall–Kier alpha value is -1.48. The number of aryl methyl sites for hydroxylation is 2. The van der Waals surface area contributed by atoms with Gasteiger partial charge in [-0.15, -0.1) is 0 Å². The van der Waals surface area contributed by atoms with Crippen molar-refractivity contribution in [2.75, 3.05) is 39.3 Å². The predicted octanol–water partition coefficient (Wildman–Crippen LogP) is 0.208. The molecule has 27 heavy (non-hydrogen) atoms. The molecule has 150 valence electrons. The lowest BCUT2D eigenvalue weighted by atomic mass is 9.90. The Bertz CT molecular complexity index is 670. The number of hydrogen-bond donors (Lipinski definition) is 2. The first-order valence-corrected chi connectivity index (χ1v) is 9.96. The fourth-order valence-electron chi connectivity index (χ4n) is 4.69. The minimum Gasteiger partial charge on any atom is -0.391 e. The van der Waals surface area contributed by atoms with Crippen molar-refractivity contribution in [1.82, 2.24) is 20.3 Å². The summed E-state index contributed by atoms with van der Waals surface area (Å²) in [5, 5.41) is 17.3. The molecular formula is C19H30N4O4. The van der Waals surface area contributed by atoms with E-state index in [4.69, 9.17) is 9.26 Å². The van der Waals surface area contributed by atoms with E-state index in [-0.39, 0.29) is 11.5 Å². The zero-order valence-corrected chi connectivity index (χ0v) is 16.2. The molecule has 0 saturated carbocycles. The average Bonchev–Trinajstić information content (AvgIpc) is 3.21. The van der Waals surface area contributed by atoms with E-state index in [0.717, 1.165) is 49.5 Å². The molecule has 0 aromatic carbocycles. The van der Waals surface area contributed by atoms with Crippen LogP contribution < -0.4 is 5.32 Å². The van der Waals surface area contributed by atoms with Gasteiger partial charge in [-0.05, 0) is 46.2 Å². The van der Waals surface area contributed by atoms with Crippen LogP contribution in [0.15, 0.2) is 4.52 Å². The Balaban J connectivity index is 1.43. The molecule has 4 rings (SSSR count). The highest BCUT2D eigenvalue weighted by atomic mass is 16.5. The van der Waals surface area contributed by atoms with Gasteiger partial charge in [0.1, 0.15) is 11.8 Å². The number of aliphatic hydroxyl groups is 1. The summed E-state index contributed by atoms with van der Waals surface area (Å²) in [6.07, 6.45) is 2.04. The summed E-state index contributed by atoms with van der Waals surface area (Å²) >= 11 is 0. The highest BCUT2D eigenvalue weighted by Gasteiger charge is 2.44. The lowest BCUT2D eigenvalue weighted by Gasteiger charge is -2.48. The number of piperidine rings is 1. The first-order chi connectivity index (χ1) is 13.0. The fourth-order valence-corrected chi connectivity index (χ4v) is 4.69. The van der Waals surface area contributed by atoms with E-state index in [1.807, 2.05) is 18.7 Å². The third kappa shape index (κ3) is 3.76. The van der Waals surface area contributed by atoms with Crippen LogP contribution in [0.3, 0.4) is 0 Å². The van der Waals surface area contributed by atoms with Crippen molar-refractivity contribution in [3.05, 3.63) is 17.0 Å². The number of aliphatic hydroxyl groups excluding tert-OH is 1. The molecule has 0 bridgehead atoms. The number of amides is 1. The van der Waals surface area contributed by atoms with E-state index in [2.05, 4.69) is 15.4 Å². The summed E-state index contributed by atoms with van der Waals surface area (Å²) in [6.45, 7) is 8.95. The van der Waals surface area contributed by atoms with Crippen LogP contribution in [-0.2, 0) is 16.1 Å². The summed E-state index contributed by atoms with van der Waals surface area (Å²) in [5.41, 5.74) is 1.76. The SMILES string of the molecule is Cc1noc(C)c1CN1CCCC2(C1)CN(C(=O)[C@H]1NCC[C@@H]1O)CCO2. The summed E-state index contributed by atoms with van der Waals surface area (Å²) in [6, 6.07) is -0.470. The predicted molar refractivity (Wildman–Crippen MR) is 98.2 cm³/mol. The number of ether oxygens (including phenoxy) is 1. The van der Waals surface area contributed by atoms with E-state index < -0.39 is 12.1 Å². The summed E-state index contributed by atoms with van der Waals surface area (Å²) in [5.74, 6) is 0.875. The first kappa shape index (κ1) is 18.9. The molecule has 1 aromatic rings. The number of nitrogens with one attached hydrogen (secondary N) is 1. The highest BCUT2D eigenvalue weighted by molar-refractivity contribution is 5.83. The third-order valence-corrected chi connectivity index (χ3v) is 6.20. The molecule has 0 radical (unpaired) electrons. The van der Waals surface area contributed by atoms with E-state index >= 15 is 0 Å². The second-order valence-electron chi connectivity index (χ2n) is 8.20. The molecule has 3 aliphatic heterocycles. The minimum absolute atomic E-state index is 0.00511. The number of nitrogens with zero attached hydrogens (tertiary/aromatic N) is 3. The van der Waals surface area contributed by atoms with Gasteiger partial charge in [0.15, 0.2) is 0 Å². The van der Waals surface area contributed by atoms with Crippen molar-refractivity contribution in [2.45, 2.75) is 57.4 Å². The van der Waals surface area contributed by atoms with Crippen LogP contribution in [0.25, 0.3) is 0 Å². The normalized spacial score (nSPS) is 32.3. The number of morpholine rings is 1. The largest absolute Gasteiger partial charge is 0.391 e. The van der Waals surface area contributed by atoms with Gasteiger partial charge in [0.2, 0.25) is 5.91 Å². The lowest BCUT2D eigenvalue weighted by Crippen LogP contribution is -2.62. The van der Waals surface area contributed by atoms with E-state index in [9.17, 15) is 9.90 Å². The molecule has 8 nitrogen and oxygen atoms in total. The molecule has 1 aromatic heterocycles. The molecule has 3 aliphatic rings. The molecule has 8 heteroatoms. The molecule has 4 heterocycles. The van der Waals surface area contributed by atoms with E-state index in [1.165, 1.54) is 0 Å². The molecule has 0 aliphatic carbocycles. The standard InChI is InChI=1S/C19H30N4O4/c1-13-15(14(2)27-21-13)10-22-7-3-5-19(11-22)12-23(8-9-26-19)18(25)17-16(24)4-6-20-17/h16-17,20,24H,3-12H2,1-2H3/t16-,17-,19?/m0/s1. The Kier molecular flexibility index (Phi) is 5.24. The van der Waals surface area contributed by atoms with Crippen LogP contribution >= 0.6 is 0 Å². The van der Waals surface area contributed by atoms with Crippen LogP contribution in [0, 0.1) is 13.8 Å². The molecule has 2 N–H and O–H groups in total. The van der Waals surface area contributed by atoms with Gasteiger partial charge in [0.05, 0.1) is 30.6 Å². The topological polar surface area (TPSA) is 91.1 Å². The zero-order chi connectivity index (χ0) is 19.0. The molecular weight excluding hydrogens is 348 g/mol. The van der Waals surface area contributed by atoms with Crippen LogP contribution in [0.5, 0.6) is 0 Å². The number of carbonyl (C=O) groups is 1. The molecule has 3 atom stereocenters. The van der Waals surface area contributed by atoms with Crippen molar-refractivity contribution in [3.63, 3.8) is 0 Å². The van der Waals surface area contributed by atoms with Gasteiger partial charge in [-0.1, -0.05) is 5.16 Å². The van der Waals surface area contributed by atoms with Crippen molar-refractivity contribution >= 4 is 5.91 Å². The zero-order valence-electron chi connectivity index (χ0n) is 16.2. The Morgan fingerprint density at radius 1 is 1.37 bits per heavy atom. The van der Waals surface area contributed by atoms with Crippen molar-refractivity contribution < 1.29 is 19.2 Å². The molecule has 1 unspecified atom stereocenters. The van der Waals surface area contributed by atoms with Crippen molar-refractivity contribution in [3.8, 4) is 0 Å². The van der Waals surface area contributed by atoms with Gasteiger partial charge >= 0.3 is 0 Å². The average molecular weight is 378 g/mol. The van der Waals surface area contributed by atoms with Gasteiger partial charge in [-0.3, -0.25) is 9.69 Å². The van der Waals surface area contributed by atoms with Crippen LogP contribution in [0.2, 0.25) is 0 Å². The Labute approximate surface area is 159 Å². The Morgan fingerprint density at radius 3 is 2.93 bits per heavy atom. The monoisotopic (exact) mass is 378 g/mol. The van der Waals surface area contributed by atoms with E-state index in [1.54, 1.807) is 0 Å². The quantitative estimate of drug-likeness (QED) is 0.777. The van der Waals surface area contributed by atoms with Gasteiger partial charge in [-0.25, -0.2) is 0 Å². The minimum atomic E-state index is -0.585. The summed E-state index contributed by atoms with van der Waals surface area (Å²) in [7, 11) is 0. The maximum atomic E-state index is 12.9. The molecule has 3 saturated heterocycles. The maximum absolute atomic E-state index is 12.9. The number of rotatable bonds is 3. The highest BCUT2D eigenvalue weighted by Crippen LogP contribution is 2.31. The Morgan fingerprint density at radius 2 is 2.22 bits per heavy atom. The van der Waals surface area contributed by atoms with Gasteiger partial charge in [0.25, 0.3) is 0 Å². The molecule has 1 amide bonds. The third-order valence-electron chi connectivity index (χ3n) is 6.20. The summed E-state index contributed by atoms with van der Waals surface area (Å²) in [4.78, 5) is 17.1. The van der Waals surface area contributed by atoms with E-state index in [0.29, 0.717) is 32.7 Å². The maximum Gasteiger partial charge on any atom is 0.242 e. The van der Waals surface area contributed by atoms with Gasteiger partial charge < -0.3 is 24.6 Å². The number of hydrogen-bond acceptors (Lipinski definition) is 7. The number of aromatic nitrogens is 1. The smallest absolute Gasteiger partial charge is 0.242 e. The summed E-state index contributed by atoms with van der Waals surface area (Å²) < 4.78 is 11.5. The second-order valence-corrected chi connectivity index (χ2v) is 8.20. The van der Waals surface area contributed by atoms with Crippen molar-refractivity contribution in [2.24, 2.45) is 0 Å². The first-order valence-electron chi connectivity index (χ1n) is 9.96. The van der Waals surface area contributed by atoms with Crippen LogP contribution in [-0.4, -0.2) is 83.0 Å². The van der Waals surface area contributed by atoms with Crippen LogP contribution in [0.4, 0.5) is 0 Å². The van der Waals surface area contributed by atoms with Gasteiger partial charge in [-0.2, -0.15) is 0 Å². The molecule has 3 fully saturated rings. The number of likely N-dealkylation sites (tertiary alicyclic amines) is 1. The second kappa shape index (κ2) is 7.50. The molecule has 1 spiro atoms. The number of carbonyl (C=O) groups excluding carboxylic acids is 1. The lowest BCUT2D eigenvalue weighted by molar-refractivity contribution is -0.164. The van der Waals surface area contributed by atoms with Gasteiger partial charge in [0, 0.05) is 25.2 Å². The van der Waals surface area contributed by atoms with Crippen LogP contribution in [0.1, 0.15) is 36.3 Å². The fraction of sp³-hybridized carbons (Fsp3) is 0.789.